The van der Waals surface area contributed by atoms with Crippen LogP contribution in [0.4, 0.5) is 5.69 Å². The lowest BCUT2D eigenvalue weighted by atomic mass is 10.1. The molecule has 0 amide bonds. The highest BCUT2D eigenvalue weighted by molar-refractivity contribution is 14.0. The lowest BCUT2D eigenvalue weighted by Gasteiger charge is -2.22. The predicted molar refractivity (Wildman–Crippen MR) is 111 cm³/mol. The van der Waals surface area contributed by atoms with Gasteiger partial charge in [0, 0.05) is 31.0 Å². The van der Waals surface area contributed by atoms with Gasteiger partial charge in [0.15, 0.2) is 5.96 Å². The van der Waals surface area contributed by atoms with Gasteiger partial charge in [0.25, 0.3) is 0 Å². The van der Waals surface area contributed by atoms with Crippen molar-refractivity contribution in [3.63, 3.8) is 0 Å². The first-order valence-corrected chi connectivity index (χ1v) is 8.42. The van der Waals surface area contributed by atoms with Gasteiger partial charge >= 0.3 is 0 Å². The van der Waals surface area contributed by atoms with E-state index in [9.17, 15) is 0 Å². The molecule has 2 heterocycles. The first-order chi connectivity index (χ1) is 11.3. The Hall–Kier alpha value is -1.57. The van der Waals surface area contributed by atoms with Gasteiger partial charge in [0.1, 0.15) is 0 Å². The van der Waals surface area contributed by atoms with Crippen LogP contribution in [-0.4, -0.2) is 35.8 Å². The Kier molecular flexibility index (Phi) is 7.08. The van der Waals surface area contributed by atoms with Crippen LogP contribution in [0, 0.1) is 6.92 Å². The topological polar surface area (TPSA) is 56.3 Å². The van der Waals surface area contributed by atoms with Crippen LogP contribution in [0.2, 0.25) is 0 Å². The minimum absolute atomic E-state index is 0. The Labute approximate surface area is 161 Å². The van der Waals surface area contributed by atoms with Gasteiger partial charge in [-0.15, -0.1) is 24.0 Å². The summed E-state index contributed by atoms with van der Waals surface area (Å²) in [6, 6.07) is 8.60. The zero-order valence-corrected chi connectivity index (χ0v) is 16.7. The maximum atomic E-state index is 4.82. The minimum atomic E-state index is 0. The lowest BCUT2D eigenvalue weighted by Crippen LogP contribution is -2.40. The van der Waals surface area contributed by atoms with Gasteiger partial charge in [-0.3, -0.25) is 10.1 Å². The number of fused-ring (bicyclic) bond motifs is 1. The molecule has 0 spiro atoms. The average molecular weight is 439 g/mol. The van der Waals surface area contributed by atoms with Gasteiger partial charge in [-0.2, -0.15) is 5.10 Å². The minimum Gasteiger partial charge on any atom is -0.356 e. The molecular formula is C18H26IN5. The highest BCUT2D eigenvalue weighted by atomic mass is 127. The van der Waals surface area contributed by atoms with E-state index in [4.69, 9.17) is 4.99 Å². The molecule has 1 aliphatic heterocycles. The van der Waals surface area contributed by atoms with Crippen LogP contribution in [0.3, 0.4) is 0 Å². The summed E-state index contributed by atoms with van der Waals surface area (Å²) in [7, 11) is 0. The second kappa shape index (κ2) is 9.05. The fourth-order valence-corrected chi connectivity index (χ4v) is 3.04. The molecule has 3 rings (SSSR count). The molecule has 1 aromatic heterocycles. The number of anilines is 1. The maximum absolute atomic E-state index is 4.82. The van der Waals surface area contributed by atoms with E-state index in [0.29, 0.717) is 0 Å². The molecule has 0 unspecified atom stereocenters. The Balaban J connectivity index is 0.00000208. The number of benzene rings is 1. The van der Waals surface area contributed by atoms with Crippen molar-refractivity contribution in [1.29, 1.82) is 0 Å². The van der Waals surface area contributed by atoms with E-state index in [1.54, 1.807) is 0 Å². The Morgan fingerprint density at radius 2 is 2.21 bits per heavy atom. The van der Waals surface area contributed by atoms with Crippen LogP contribution in [-0.2, 0) is 12.8 Å². The second-order valence-electron chi connectivity index (χ2n) is 5.89. The number of H-pyrrole nitrogens is 1. The van der Waals surface area contributed by atoms with E-state index in [1.807, 2.05) is 6.20 Å². The molecule has 1 aromatic carbocycles. The number of aromatic amines is 1. The molecule has 0 saturated carbocycles. The van der Waals surface area contributed by atoms with Crippen LogP contribution in [0.5, 0.6) is 0 Å². The molecule has 1 aliphatic rings. The quantitative estimate of drug-likeness (QED) is 0.326. The summed E-state index contributed by atoms with van der Waals surface area (Å²) in [5, 5.41) is 10.5. The van der Waals surface area contributed by atoms with Gasteiger partial charge in [-0.25, -0.2) is 0 Å². The molecule has 0 saturated heterocycles. The maximum Gasteiger partial charge on any atom is 0.198 e. The van der Waals surface area contributed by atoms with Crippen molar-refractivity contribution >= 4 is 35.6 Å². The Morgan fingerprint density at radius 1 is 1.38 bits per heavy atom. The van der Waals surface area contributed by atoms with E-state index < -0.39 is 0 Å². The summed E-state index contributed by atoms with van der Waals surface area (Å²) in [6.07, 6.45) is 5.06. The smallest absolute Gasteiger partial charge is 0.198 e. The Bertz CT molecular complexity index is 680. The number of hydrogen-bond acceptors (Lipinski definition) is 2. The monoisotopic (exact) mass is 439 g/mol. The molecule has 2 N–H and O–H groups in total. The van der Waals surface area contributed by atoms with Gasteiger partial charge < -0.3 is 10.2 Å². The molecule has 0 radical (unpaired) electrons. The van der Waals surface area contributed by atoms with Crippen LogP contribution in [0.1, 0.15) is 30.2 Å². The number of guanidine groups is 1. The summed E-state index contributed by atoms with van der Waals surface area (Å²) >= 11 is 0. The number of halogens is 1. The summed E-state index contributed by atoms with van der Waals surface area (Å²) in [4.78, 5) is 7.13. The van der Waals surface area contributed by atoms with Crippen LogP contribution in [0.25, 0.3) is 0 Å². The van der Waals surface area contributed by atoms with Gasteiger partial charge in [-0.1, -0.05) is 18.2 Å². The number of para-hydroxylation sites is 1. The number of aliphatic imine (C=N–C) groups is 1. The van der Waals surface area contributed by atoms with Gasteiger partial charge in [-0.05, 0) is 50.3 Å². The molecule has 0 fully saturated rings. The second-order valence-corrected chi connectivity index (χ2v) is 5.89. The predicted octanol–water partition coefficient (Wildman–Crippen LogP) is 3.30. The molecule has 5 nitrogen and oxygen atoms in total. The van der Waals surface area contributed by atoms with E-state index in [1.165, 1.54) is 16.8 Å². The fraction of sp³-hybridized carbons (Fsp3) is 0.444. The Morgan fingerprint density at radius 3 is 2.96 bits per heavy atom. The van der Waals surface area contributed by atoms with Gasteiger partial charge in [0.05, 0.1) is 6.20 Å². The van der Waals surface area contributed by atoms with Crippen LogP contribution in [0.15, 0.2) is 35.5 Å². The van der Waals surface area contributed by atoms with Crippen LogP contribution < -0.4 is 10.2 Å². The molecular weight excluding hydrogens is 413 g/mol. The third-order valence-corrected chi connectivity index (χ3v) is 4.28. The van der Waals surface area contributed by atoms with Crippen molar-refractivity contribution in [2.24, 2.45) is 4.99 Å². The molecule has 2 aromatic rings. The molecule has 0 bridgehead atoms. The normalized spacial score (nSPS) is 13.6. The van der Waals surface area contributed by atoms with Crippen molar-refractivity contribution in [3.05, 3.63) is 47.3 Å². The summed E-state index contributed by atoms with van der Waals surface area (Å²) in [5.74, 6) is 1.00. The van der Waals surface area contributed by atoms with Gasteiger partial charge in [0.2, 0.25) is 0 Å². The zero-order chi connectivity index (χ0) is 16.1. The number of nitrogens with zero attached hydrogens (tertiary/aromatic N) is 3. The highest BCUT2D eigenvalue weighted by Crippen LogP contribution is 2.27. The van der Waals surface area contributed by atoms with Crippen molar-refractivity contribution in [3.8, 4) is 0 Å². The SMILES string of the molecule is CCNC(=NCCCc1cn[nH]c1C)N1CCc2ccccc21.I. The van der Waals surface area contributed by atoms with Crippen LogP contribution >= 0.6 is 24.0 Å². The van der Waals surface area contributed by atoms with Crippen molar-refractivity contribution in [2.75, 3.05) is 24.5 Å². The number of hydrogen-bond donors (Lipinski definition) is 2. The molecule has 6 heteroatoms. The fourth-order valence-electron chi connectivity index (χ4n) is 3.04. The number of aryl methyl sites for hydroxylation is 2. The van der Waals surface area contributed by atoms with E-state index >= 15 is 0 Å². The van der Waals surface area contributed by atoms with Crippen molar-refractivity contribution in [2.45, 2.75) is 33.1 Å². The first-order valence-electron chi connectivity index (χ1n) is 8.42. The largest absolute Gasteiger partial charge is 0.356 e. The number of rotatable bonds is 5. The third kappa shape index (κ3) is 4.28. The van der Waals surface area contributed by atoms with E-state index in [0.717, 1.165) is 50.6 Å². The average Bonchev–Trinajstić information content (AvgIpc) is 3.17. The summed E-state index contributed by atoms with van der Waals surface area (Å²) in [6.45, 7) is 6.90. The summed E-state index contributed by atoms with van der Waals surface area (Å²) in [5.41, 5.74) is 5.15. The third-order valence-electron chi connectivity index (χ3n) is 4.28. The first kappa shape index (κ1) is 18.8. The molecule has 0 aliphatic carbocycles. The molecule has 0 atom stereocenters. The standard InChI is InChI=1S/C18H25N5.HI/c1-3-19-18(20-11-6-8-16-13-21-22-14(16)2)23-12-10-15-7-4-5-9-17(15)23;/h4-5,7,9,13H,3,6,8,10-12H2,1-2H3,(H,19,20)(H,21,22);1H. The summed E-state index contributed by atoms with van der Waals surface area (Å²) < 4.78 is 0. The highest BCUT2D eigenvalue weighted by Gasteiger charge is 2.22. The number of aromatic nitrogens is 2. The van der Waals surface area contributed by atoms with E-state index in [-0.39, 0.29) is 24.0 Å². The molecule has 24 heavy (non-hydrogen) atoms. The lowest BCUT2D eigenvalue weighted by molar-refractivity contribution is 0.808. The number of nitrogens with one attached hydrogen (secondary N) is 2. The zero-order valence-electron chi connectivity index (χ0n) is 14.4. The van der Waals surface area contributed by atoms with Crippen molar-refractivity contribution < 1.29 is 0 Å². The van der Waals surface area contributed by atoms with Crippen molar-refractivity contribution in [1.82, 2.24) is 15.5 Å². The van der Waals surface area contributed by atoms with E-state index in [2.05, 4.69) is 58.5 Å². The molecule has 130 valence electrons.